The Bertz CT molecular complexity index is 1350. The third-order valence-electron chi connectivity index (χ3n) is 9.16. The largest absolute Gasteiger partial charge is 0.493 e. The number of fused-ring (bicyclic) bond motifs is 3. The molecule has 6 heteroatoms. The lowest BCUT2D eigenvalue weighted by molar-refractivity contribution is 0.0897. The number of aromatic nitrogens is 1. The van der Waals surface area contributed by atoms with Gasteiger partial charge in [0, 0.05) is 34.8 Å². The van der Waals surface area contributed by atoms with Crippen LogP contribution < -0.4 is 14.8 Å². The third-order valence-corrected chi connectivity index (χ3v) is 9.16. The summed E-state index contributed by atoms with van der Waals surface area (Å²) in [6.45, 7) is 4.38. The Hall–Kier alpha value is -3.12. The van der Waals surface area contributed by atoms with Crippen molar-refractivity contribution in [1.82, 2.24) is 9.88 Å². The number of aryl methyl sites for hydroxylation is 1. The van der Waals surface area contributed by atoms with Gasteiger partial charge in [0.15, 0.2) is 17.3 Å². The molecule has 2 aromatic carbocycles. The number of carbonyl (C=O) groups excluding carboxylic acids is 1. The van der Waals surface area contributed by atoms with Crippen LogP contribution in [-0.2, 0) is 19.3 Å². The quantitative estimate of drug-likeness (QED) is 0.340. The normalized spacial score (nSPS) is 19.6. The molecule has 1 N–H and O–H groups in total. The average Bonchev–Trinajstić information content (AvgIpc) is 3.28. The summed E-state index contributed by atoms with van der Waals surface area (Å²) in [6, 6.07) is 12.4. The Morgan fingerprint density at radius 3 is 2.62 bits per heavy atom. The van der Waals surface area contributed by atoms with Crippen LogP contribution in [0.2, 0.25) is 0 Å². The van der Waals surface area contributed by atoms with Crippen LogP contribution in [0.15, 0.2) is 36.4 Å². The highest BCUT2D eigenvalue weighted by Crippen LogP contribution is 2.39. The number of carbonyl (C=O) groups is 1. The smallest absolute Gasteiger partial charge is 0.166 e. The molecule has 0 amide bonds. The van der Waals surface area contributed by atoms with Crippen LogP contribution >= 0.6 is 0 Å². The zero-order valence-corrected chi connectivity index (χ0v) is 23.4. The SMILES string of the molecule is COc1cc2c(cc1OC)C(=O)C(CC1CCN(CCCNc3c4c(nc5ccccc35)CCCC4)CC1)C2. The molecule has 3 aliphatic rings. The van der Waals surface area contributed by atoms with Crippen LogP contribution in [0, 0.1) is 11.8 Å². The number of ether oxygens (including phenoxy) is 2. The number of pyridine rings is 1. The molecular weight excluding hydrogens is 486 g/mol. The number of piperidine rings is 1. The molecule has 3 aromatic rings. The predicted octanol–water partition coefficient (Wildman–Crippen LogP) is 6.09. The Labute approximate surface area is 232 Å². The molecular formula is C33H41N3O3. The summed E-state index contributed by atoms with van der Waals surface area (Å²) in [6.07, 6.45) is 10.1. The first-order valence-electron chi connectivity index (χ1n) is 14.8. The van der Waals surface area contributed by atoms with Gasteiger partial charge < -0.3 is 19.7 Å². The van der Waals surface area contributed by atoms with E-state index in [1.165, 1.54) is 48.0 Å². The number of hydrogen-bond donors (Lipinski definition) is 1. The highest BCUT2D eigenvalue weighted by atomic mass is 16.5. The van der Waals surface area contributed by atoms with Crippen molar-refractivity contribution in [3.8, 4) is 11.5 Å². The summed E-state index contributed by atoms with van der Waals surface area (Å²) < 4.78 is 10.9. The molecule has 0 spiro atoms. The lowest BCUT2D eigenvalue weighted by atomic mass is 9.85. The second-order valence-corrected chi connectivity index (χ2v) is 11.6. The van der Waals surface area contributed by atoms with E-state index in [1.807, 2.05) is 12.1 Å². The van der Waals surface area contributed by atoms with Crippen LogP contribution in [0.4, 0.5) is 5.69 Å². The van der Waals surface area contributed by atoms with Crippen LogP contribution in [0.3, 0.4) is 0 Å². The van der Waals surface area contributed by atoms with Crippen molar-refractivity contribution in [1.29, 1.82) is 0 Å². The highest BCUT2D eigenvalue weighted by molar-refractivity contribution is 6.03. The number of likely N-dealkylation sites (tertiary alicyclic amines) is 1. The summed E-state index contributed by atoms with van der Waals surface area (Å²) in [7, 11) is 3.27. The molecule has 6 rings (SSSR count). The molecule has 2 aliphatic carbocycles. The van der Waals surface area contributed by atoms with E-state index in [9.17, 15) is 4.79 Å². The third kappa shape index (κ3) is 5.36. The second-order valence-electron chi connectivity index (χ2n) is 11.6. The predicted molar refractivity (Wildman–Crippen MR) is 156 cm³/mol. The number of hydrogen-bond acceptors (Lipinski definition) is 6. The van der Waals surface area contributed by atoms with E-state index in [1.54, 1.807) is 14.2 Å². The molecule has 1 unspecified atom stereocenters. The molecule has 1 saturated heterocycles. The number of anilines is 1. The highest BCUT2D eigenvalue weighted by Gasteiger charge is 2.34. The van der Waals surface area contributed by atoms with E-state index in [0.717, 1.165) is 74.9 Å². The Morgan fingerprint density at radius 1 is 1.03 bits per heavy atom. The van der Waals surface area contributed by atoms with Gasteiger partial charge in [-0.3, -0.25) is 9.78 Å². The Morgan fingerprint density at radius 2 is 1.79 bits per heavy atom. The van der Waals surface area contributed by atoms with Crippen molar-refractivity contribution >= 4 is 22.4 Å². The summed E-state index contributed by atoms with van der Waals surface area (Å²) in [5.74, 6) is 2.36. The minimum Gasteiger partial charge on any atom is -0.493 e. The standard InChI is InChI=1S/C33H41N3O3/c1-38-30-20-23-19-24(33(37)27(23)21-31(30)39-2)18-22-12-16-36(17-13-22)15-7-14-34-32-25-8-3-5-10-28(25)35-29-11-6-4-9-26(29)32/h3,5,8,10,20-22,24H,4,6-7,9,11-19H2,1-2H3,(H,34,35). The van der Waals surface area contributed by atoms with E-state index in [2.05, 4.69) is 34.5 Å². The summed E-state index contributed by atoms with van der Waals surface area (Å²) in [5.41, 5.74) is 7.12. The molecule has 39 heavy (non-hydrogen) atoms. The fraction of sp³-hybridized carbons (Fsp3) is 0.515. The molecule has 206 valence electrons. The topological polar surface area (TPSA) is 63.7 Å². The zero-order chi connectivity index (χ0) is 26.8. The Kier molecular flexibility index (Phi) is 7.73. The number of para-hydroxylation sites is 1. The van der Waals surface area contributed by atoms with Crippen molar-refractivity contribution in [2.45, 2.75) is 57.8 Å². The number of nitrogens with one attached hydrogen (secondary N) is 1. The number of methoxy groups -OCH3 is 2. The summed E-state index contributed by atoms with van der Waals surface area (Å²) in [4.78, 5) is 20.7. The maximum absolute atomic E-state index is 13.1. The molecule has 1 aromatic heterocycles. The molecule has 2 heterocycles. The van der Waals surface area contributed by atoms with E-state index < -0.39 is 0 Å². The van der Waals surface area contributed by atoms with E-state index in [0.29, 0.717) is 17.4 Å². The number of rotatable bonds is 9. The van der Waals surface area contributed by atoms with E-state index in [-0.39, 0.29) is 11.7 Å². The lowest BCUT2D eigenvalue weighted by Crippen LogP contribution is -2.36. The zero-order valence-electron chi connectivity index (χ0n) is 23.4. The number of nitrogens with zero attached hydrogens (tertiary/aromatic N) is 2. The first-order chi connectivity index (χ1) is 19.1. The average molecular weight is 528 g/mol. The Balaban J connectivity index is 0.984. The van der Waals surface area contributed by atoms with E-state index in [4.69, 9.17) is 14.5 Å². The fourth-order valence-electron chi connectivity index (χ4n) is 7.03. The van der Waals surface area contributed by atoms with Crippen molar-refractivity contribution in [2.75, 3.05) is 45.7 Å². The number of Topliss-reactive ketones (excluding diaryl/α,β-unsaturated/α-hetero) is 1. The van der Waals surface area contributed by atoms with Crippen molar-refractivity contribution in [2.24, 2.45) is 11.8 Å². The summed E-state index contributed by atoms with van der Waals surface area (Å²) >= 11 is 0. The fourth-order valence-corrected chi connectivity index (χ4v) is 7.03. The maximum atomic E-state index is 13.1. The van der Waals surface area contributed by atoms with Gasteiger partial charge in [-0.1, -0.05) is 18.2 Å². The van der Waals surface area contributed by atoms with Gasteiger partial charge in [-0.25, -0.2) is 0 Å². The minimum absolute atomic E-state index is 0.0960. The van der Waals surface area contributed by atoms with Gasteiger partial charge in [0.1, 0.15) is 0 Å². The lowest BCUT2D eigenvalue weighted by Gasteiger charge is -2.33. The molecule has 1 aliphatic heterocycles. The first kappa shape index (κ1) is 26.1. The monoisotopic (exact) mass is 527 g/mol. The van der Waals surface area contributed by atoms with Crippen molar-refractivity contribution in [3.05, 3.63) is 58.8 Å². The molecule has 1 atom stereocenters. The minimum atomic E-state index is 0.0960. The van der Waals surface area contributed by atoms with Gasteiger partial charge in [0.25, 0.3) is 0 Å². The van der Waals surface area contributed by atoms with Gasteiger partial charge in [0.2, 0.25) is 0 Å². The van der Waals surface area contributed by atoms with Gasteiger partial charge in [-0.05, 0) is 113 Å². The van der Waals surface area contributed by atoms with E-state index >= 15 is 0 Å². The van der Waals surface area contributed by atoms with Crippen LogP contribution in [-0.4, -0.2) is 56.1 Å². The number of ketones is 1. The van der Waals surface area contributed by atoms with Crippen molar-refractivity contribution < 1.29 is 14.3 Å². The van der Waals surface area contributed by atoms with Gasteiger partial charge in [0.05, 0.1) is 19.7 Å². The van der Waals surface area contributed by atoms with Gasteiger partial charge in [-0.2, -0.15) is 0 Å². The molecule has 0 saturated carbocycles. The maximum Gasteiger partial charge on any atom is 0.166 e. The van der Waals surface area contributed by atoms with Crippen LogP contribution in [0.25, 0.3) is 10.9 Å². The van der Waals surface area contributed by atoms with Crippen LogP contribution in [0.5, 0.6) is 11.5 Å². The van der Waals surface area contributed by atoms with Crippen LogP contribution in [0.1, 0.15) is 65.7 Å². The first-order valence-corrected chi connectivity index (χ1v) is 14.8. The number of benzene rings is 2. The van der Waals surface area contributed by atoms with Gasteiger partial charge in [-0.15, -0.1) is 0 Å². The molecule has 0 bridgehead atoms. The molecule has 0 radical (unpaired) electrons. The summed E-state index contributed by atoms with van der Waals surface area (Å²) in [5, 5.41) is 5.08. The molecule has 6 nitrogen and oxygen atoms in total. The van der Waals surface area contributed by atoms with Crippen molar-refractivity contribution in [3.63, 3.8) is 0 Å². The second kappa shape index (κ2) is 11.5. The molecule has 1 fully saturated rings. The van der Waals surface area contributed by atoms with Gasteiger partial charge >= 0.3 is 0 Å².